The van der Waals surface area contributed by atoms with Crippen molar-refractivity contribution in [1.82, 2.24) is 15.3 Å². The molecule has 2 aromatic rings. The largest absolute Gasteiger partial charge is 0.497 e. The quantitative estimate of drug-likeness (QED) is 0.745. The summed E-state index contributed by atoms with van der Waals surface area (Å²) in [5.74, 6) is 1.97. The maximum absolute atomic E-state index is 5.19. The average Bonchev–Trinajstić information content (AvgIpc) is 3.03. The molecule has 0 amide bonds. The fourth-order valence-corrected chi connectivity index (χ4v) is 2.40. The van der Waals surface area contributed by atoms with Crippen LogP contribution in [0.4, 0.5) is 0 Å². The summed E-state index contributed by atoms with van der Waals surface area (Å²) in [5.41, 5.74) is 1.35. The van der Waals surface area contributed by atoms with Crippen molar-refractivity contribution in [3.05, 3.63) is 48.0 Å². The summed E-state index contributed by atoms with van der Waals surface area (Å²) < 4.78 is 5.19. The summed E-state index contributed by atoms with van der Waals surface area (Å²) >= 11 is 0. The maximum atomic E-state index is 5.19. The van der Waals surface area contributed by atoms with E-state index in [2.05, 4.69) is 34.3 Å². The van der Waals surface area contributed by atoms with Gasteiger partial charge in [0.1, 0.15) is 11.6 Å². The second-order valence-electron chi connectivity index (χ2n) is 5.28. The van der Waals surface area contributed by atoms with Gasteiger partial charge >= 0.3 is 0 Å². The normalized spacial score (nSPS) is 12.3. The number of nitrogens with one attached hydrogen (secondary N) is 2. The molecule has 1 atom stereocenters. The van der Waals surface area contributed by atoms with E-state index in [4.69, 9.17) is 4.74 Å². The molecular weight excluding hydrogens is 262 g/mol. The molecule has 21 heavy (non-hydrogen) atoms. The first-order chi connectivity index (χ1) is 10.3. The summed E-state index contributed by atoms with van der Waals surface area (Å²) in [5, 5.41) is 3.62. The molecule has 2 rings (SSSR count). The molecule has 0 saturated carbocycles. The minimum absolute atomic E-state index is 0.457. The van der Waals surface area contributed by atoms with E-state index in [9.17, 15) is 0 Å². The van der Waals surface area contributed by atoms with Crippen molar-refractivity contribution < 1.29 is 4.74 Å². The molecule has 0 aliphatic rings. The lowest BCUT2D eigenvalue weighted by molar-refractivity contribution is 0.414. The number of aryl methyl sites for hydroxylation is 1. The van der Waals surface area contributed by atoms with Crippen LogP contribution >= 0.6 is 0 Å². The van der Waals surface area contributed by atoms with Gasteiger partial charge in [-0.05, 0) is 43.5 Å². The minimum Gasteiger partial charge on any atom is -0.497 e. The highest BCUT2D eigenvalue weighted by Crippen LogP contribution is 2.14. The molecule has 1 aromatic heterocycles. The van der Waals surface area contributed by atoms with Gasteiger partial charge in [0.05, 0.1) is 7.11 Å². The number of H-pyrrole nitrogens is 1. The van der Waals surface area contributed by atoms with Crippen LogP contribution < -0.4 is 10.1 Å². The van der Waals surface area contributed by atoms with E-state index >= 15 is 0 Å². The molecule has 1 aromatic carbocycles. The molecule has 0 fully saturated rings. The summed E-state index contributed by atoms with van der Waals surface area (Å²) in [7, 11) is 1.70. The summed E-state index contributed by atoms with van der Waals surface area (Å²) in [6, 6.07) is 8.79. The average molecular weight is 287 g/mol. The highest BCUT2D eigenvalue weighted by atomic mass is 16.5. The van der Waals surface area contributed by atoms with Crippen LogP contribution in [0.1, 0.15) is 31.2 Å². The van der Waals surface area contributed by atoms with Crippen molar-refractivity contribution in [3.8, 4) is 5.75 Å². The zero-order chi connectivity index (χ0) is 14.9. The number of aromatic nitrogens is 2. The predicted molar refractivity (Wildman–Crippen MR) is 85.7 cm³/mol. The van der Waals surface area contributed by atoms with Gasteiger partial charge in [-0.25, -0.2) is 4.98 Å². The topological polar surface area (TPSA) is 49.9 Å². The van der Waals surface area contributed by atoms with Crippen LogP contribution in [0, 0.1) is 0 Å². The van der Waals surface area contributed by atoms with Gasteiger partial charge in [-0.2, -0.15) is 0 Å². The lowest BCUT2D eigenvalue weighted by Gasteiger charge is -2.17. The third-order valence-corrected chi connectivity index (χ3v) is 3.62. The van der Waals surface area contributed by atoms with E-state index in [0.29, 0.717) is 6.04 Å². The number of hydrogen-bond donors (Lipinski definition) is 2. The number of hydrogen-bond acceptors (Lipinski definition) is 3. The zero-order valence-electron chi connectivity index (χ0n) is 12.9. The van der Waals surface area contributed by atoms with Crippen LogP contribution in [0.25, 0.3) is 0 Å². The van der Waals surface area contributed by atoms with Gasteiger partial charge in [0.25, 0.3) is 0 Å². The van der Waals surface area contributed by atoms with Gasteiger partial charge in [0.2, 0.25) is 0 Å². The summed E-state index contributed by atoms with van der Waals surface area (Å²) in [6.07, 6.45) is 7.96. The number of imidazole rings is 1. The first kappa shape index (κ1) is 15.6. The van der Waals surface area contributed by atoms with Crippen molar-refractivity contribution in [2.24, 2.45) is 0 Å². The van der Waals surface area contributed by atoms with E-state index < -0.39 is 0 Å². The summed E-state index contributed by atoms with van der Waals surface area (Å²) in [6.45, 7) is 3.24. The molecule has 1 unspecified atom stereocenters. The Hall–Kier alpha value is -1.81. The van der Waals surface area contributed by atoms with Crippen LogP contribution in [0.5, 0.6) is 5.75 Å². The second-order valence-corrected chi connectivity index (χ2v) is 5.28. The van der Waals surface area contributed by atoms with Crippen LogP contribution in [0.2, 0.25) is 0 Å². The van der Waals surface area contributed by atoms with Gasteiger partial charge in [-0.3, -0.25) is 0 Å². The Kier molecular flexibility index (Phi) is 6.28. The lowest BCUT2D eigenvalue weighted by Crippen LogP contribution is -2.32. The third kappa shape index (κ3) is 5.23. The molecule has 0 aliphatic carbocycles. The number of aromatic amines is 1. The highest BCUT2D eigenvalue weighted by Gasteiger charge is 2.10. The van der Waals surface area contributed by atoms with Crippen LogP contribution in [0.15, 0.2) is 36.7 Å². The van der Waals surface area contributed by atoms with Crippen molar-refractivity contribution >= 4 is 0 Å². The molecule has 0 aliphatic heterocycles. The van der Waals surface area contributed by atoms with Gasteiger partial charge in [0.15, 0.2) is 0 Å². The Morgan fingerprint density at radius 2 is 2.10 bits per heavy atom. The fraction of sp³-hybridized carbons (Fsp3) is 0.471. The minimum atomic E-state index is 0.457. The van der Waals surface area contributed by atoms with E-state index in [0.717, 1.165) is 43.8 Å². The van der Waals surface area contributed by atoms with Crippen molar-refractivity contribution in [2.45, 2.75) is 38.6 Å². The number of benzene rings is 1. The Balaban J connectivity index is 1.87. The molecule has 0 radical (unpaired) electrons. The number of ether oxygens (including phenoxy) is 1. The van der Waals surface area contributed by atoms with Crippen LogP contribution in [-0.2, 0) is 12.8 Å². The van der Waals surface area contributed by atoms with E-state index in [-0.39, 0.29) is 0 Å². The first-order valence-corrected chi connectivity index (χ1v) is 7.66. The Morgan fingerprint density at radius 3 is 2.71 bits per heavy atom. The lowest BCUT2D eigenvalue weighted by atomic mass is 10.0. The predicted octanol–water partition coefficient (Wildman–Crippen LogP) is 2.96. The molecule has 4 nitrogen and oxygen atoms in total. The molecule has 1 heterocycles. The number of rotatable bonds is 9. The highest BCUT2D eigenvalue weighted by molar-refractivity contribution is 5.27. The fourth-order valence-electron chi connectivity index (χ4n) is 2.40. The molecule has 2 N–H and O–H groups in total. The molecule has 0 spiro atoms. The van der Waals surface area contributed by atoms with Gasteiger partial charge in [-0.15, -0.1) is 0 Å². The van der Waals surface area contributed by atoms with Gasteiger partial charge < -0.3 is 15.0 Å². The number of nitrogens with zero attached hydrogens (tertiary/aromatic N) is 1. The van der Waals surface area contributed by atoms with Crippen LogP contribution in [-0.4, -0.2) is 29.7 Å². The monoisotopic (exact) mass is 287 g/mol. The third-order valence-electron chi connectivity index (χ3n) is 3.62. The summed E-state index contributed by atoms with van der Waals surface area (Å²) in [4.78, 5) is 7.52. The zero-order valence-corrected chi connectivity index (χ0v) is 12.9. The Morgan fingerprint density at radius 1 is 1.29 bits per heavy atom. The molecular formula is C17H25N3O. The van der Waals surface area contributed by atoms with Crippen molar-refractivity contribution in [2.75, 3.05) is 13.7 Å². The van der Waals surface area contributed by atoms with Crippen molar-refractivity contribution in [3.63, 3.8) is 0 Å². The van der Waals surface area contributed by atoms with Gasteiger partial charge in [0, 0.05) is 24.9 Å². The standard InChI is InChI=1S/C17H25N3O/c1-3-10-18-15(13-17-19-11-12-20-17)7-4-14-5-8-16(21-2)9-6-14/h5-6,8-9,11-12,15,18H,3-4,7,10,13H2,1-2H3,(H,19,20). The molecule has 114 valence electrons. The Labute approximate surface area is 127 Å². The molecule has 4 heteroatoms. The molecule has 0 saturated heterocycles. The first-order valence-electron chi connectivity index (χ1n) is 7.66. The second kappa shape index (κ2) is 8.47. The van der Waals surface area contributed by atoms with E-state index in [1.165, 1.54) is 5.56 Å². The molecule has 0 bridgehead atoms. The van der Waals surface area contributed by atoms with E-state index in [1.54, 1.807) is 7.11 Å². The Bertz CT molecular complexity index is 493. The van der Waals surface area contributed by atoms with Crippen molar-refractivity contribution in [1.29, 1.82) is 0 Å². The SMILES string of the molecule is CCCNC(CCc1ccc(OC)cc1)Cc1ncc[nH]1. The van der Waals surface area contributed by atoms with Gasteiger partial charge in [-0.1, -0.05) is 19.1 Å². The van der Waals surface area contributed by atoms with Crippen LogP contribution in [0.3, 0.4) is 0 Å². The maximum Gasteiger partial charge on any atom is 0.118 e. The van der Waals surface area contributed by atoms with E-state index in [1.807, 2.05) is 24.5 Å². The number of methoxy groups -OCH3 is 1. The smallest absolute Gasteiger partial charge is 0.118 e.